The number of rotatable bonds is 2. The van der Waals surface area contributed by atoms with E-state index < -0.39 is 37.8 Å². The maximum atomic E-state index is 12.8. The summed E-state index contributed by atoms with van der Waals surface area (Å²) in [4.78, 5) is -0.742. The lowest BCUT2D eigenvalue weighted by atomic mass is 10.2. The largest absolute Gasteiger partial charge is 0.417 e. The predicted octanol–water partition coefficient (Wildman–Crippen LogP) is 2.39. The zero-order valence-corrected chi connectivity index (χ0v) is 10.7. The van der Waals surface area contributed by atoms with Crippen LogP contribution in [0.3, 0.4) is 0 Å². The Hall–Kier alpha value is -1.08. The number of hydrogen-bond acceptors (Lipinski definition) is 3. The number of halogens is 3. The topological polar surface area (TPSA) is 54.4 Å². The van der Waals surface area contributed by atoms with Crippen LogP contribution in [-0.4, -0.2) is 24.9 Å². The van der Waals surface area contributed by atoms with Gasteiger partial charge in [0.25, 0.3) is 0 Å². The normalized spacial score (nSPS) is 24.6. The van der Waals surface area contributed by atoms with Crippen LogP contribution >= 0.6 is 0 Å². The van der Waals surface area contributed by atoms with Gasteiger partial charge < -0.3 is 5.11 Å². The maximum absolute atomic E-state index is 12.8. The number of alkyl halides is 3. The predicted molar refractivity (Wildman–Crippen MR) is 62.3 cm³/mol. The Morgan fingerprint density at radius 2 is 1.79 bits per heavy atom. The van der Waals surface area contributed by atoms with Gasteiger partial charge in [-0.2, -0.15) is 13.2 Å². The molecule has 0 radical (unpaired) electrons. The molecule has 1 aromatic rings. The zero-order valence-electron chi connectivity index (χ0n) is 9.89. The van der Waals surface area contributed by atoms with Crippen molar-refractivity contribution in [2.45, 2.75) is 41.7 Å². The molecule has 106 valence electrons. The molecule has 3 nitrogen and oxygen atoms in total. The van der Waals surface area contributed by atoms with Gasteiger partial charge in [0.05, 0.1) is 21.8 Å². The molecule has 7 heteroatoms. The highest BCUT2D eigenvalue weighted by molar-refractivity contribution is 7.92. The van der Waals surface area contributed by atoms with E-state index in [1.165, 1.54) is 6.07 Å². The number of aliphatic hydroxyl groups excluding tert-OH is 1. The van der Waals surface area contributed by atoms with E-state index in [4.69, 9.17) is 0 Å². The van der Waals surface area contributed by atoms with E-state index in [0.29, 0.717) is 12.8 Å². The average Bonchev–Trinajstić information content (AvgIpc) is 2.75. The second-order valence-electron chi connectivity index (χ2n) is 4.58. The molecule has 0 saturated heterocycles. The van der Waals surface area contributed by atoms with E-state index in [2.05, 4.69) is 0 Å². The van der Waals surface area contributed by atoms with Crippen LogP contribution in [-0.2, 0) is 16.0 Å². The van der Waals surface area contributed by atoms with Crippen LogP contribution in [0.1, 0.15) is 24.8 Å². The first-order valence-electron chi connectivity index (χ1n) is 5.83. The molecular weight excluding hydrogens is 281 g/mol. The van der Waals surface area contributed by atoms with Crippen molar-refractivity contribution >= 4 is 9.84 Å². The Morgan fingerprint density at radius 1 is 1.16 bits per heavy atom. The van der Waals surface area contributed by atoms with E-state index in [0.717, 1.165) is 18.2 Å². The quantitative estimate of drug-likeness (QED) is 0.911. The highest BCUT2D eigenvalue weighted by Gasteiger charge is 2.42. The summed E-state index contributed by atoms with van der Waals surface area (Å²) in [6.45, 7) is 0. The van der Waals surface area contributed by atoms with Gasteiger partial charge in [-0.3, -0.25) is 0 Å². The van der Waals surface area contributed by atoms with Gasteiger partial charge in [0.1, 0.15) is 0 Å². The minimum Gasteiger partial charge on any atom is -0.392 e. The summed E-state index contributed by atoms with van der Waals surface area (Å²) in [7, 11) is -4.17. The van der Waals surface area contributed by atoms with Crippen LogP contribution in [0.5, 0.6) is 0 Å². The van der Waals surface area contributed by atoms with Crippen molar-refractivity contribution in [3.8, 4) is 0 Å². The summed E-state index contributed by atoms with van der Waals surface area (Å²) >= 11 is 0. The summed E-state index contributed by atoms with van der Waals surface area (Å²) in [5.41, 5.74) is -1.17. The fourth-order valence-corrected chi connectivity index (χ4v) is 4.49. The first-order valence-corrected chi connectivity index (χ1v) is 7.37. The minimum absolute atomic E-state index is 0.190. The van der Waals surface area contributed by atoms with Crippen LogP contribution in [0.2, 0.25) is 0 Å². The molecule has 1 N–H and O–H groups in total. The molecule has 19 heavy (non-hydrogen) atoms. The molecule has 2 atom stereocenters. The Morgan fingerprint density at radius 3 is 2.32 bits per heavy atom. The third-order valence-corrected chi connectivity index (χ3v) is 5.63. The second kappa shape index (κ2) is 4.79. The highest BCUT2D eigenvalue weighted by atomic mass is 32.2. The number of sulfone groups is 1. The van der Waals surface area contributed by atoms with E-state index in [1.54, 1.807) is 0 Å². The van der Waals surface area contributed by atoms with Crippen molar-refractivity contribution in [3.63, 3.8) is 0 Å². The molecule has 0 heterocycles. The van der Waals surface area contributed by atoms with E-state index in [1.807, 2.05) is 0 Å². The molecular formula is C12H13F3O3S. The first kappa shape index (κ1) is 14.3. The lowest BCUT2D eigenvalue weighted by Crippen LogP contribution is -2.30. The molecule has 0 aromatic heterocycles. The fraction of sp³-hybridized carbons (Fsp3) is 0.500. The lowest BCUT2D eigenvalue weighted by Gasteiger charge is -2.19. The molecule has 0 aliphatic heterocycles. The third-order valence-electron chi connectivity index (χ3n) is 3.32. The van der Waals surface area contributed by atoms with Gasteiger partial charge in [0, 0.05) is 0 Å². The first-order chi connectivity index (χ1) is 8.74. The van der Waals surface area contributed by atoms with Gasteiger partial charge >= 0.3 is 6.18 Å². The minimum atomic E-state index is -4.73. The lowest BCUT2D eigenvalue weighted by molar-refractivity contribution is -0.139. The number of aliphatic hydroxyl groups is 1. The summed E-state index contributed by atoms with van der Waals surface area (Å²) in [6.07, 6.45) is -4.83. The summed E-state index contributed by atoms with van der Waals surface area (Å²) in [5, 5.41) is 8.48. The fourth-order valence-electron chi connectivity index (χ4n) is 2.38. The molecule has 1 aliphatic carbocycles. The van der Waals surface area contributed by atoms with Crippen molar-refractivity contribution in [3.05, 3.63) is 29.8 Å². The molecule has 2 rings (SSSR count). The van der Waals surface area contributed by atoms with Crippen molar-refractivity contribution in [1.29, 1.82) is 0 Å². The van der Waals surface area contributed by atoms with Crippen molar-refractivity contribution in [2.24, 2.45) is 0 Å². The molecule has 2 unspecified atom stereocenters. The van der Waals surface area contributed by atoms with Gasteiger partial charge in [-0.1, -0.05) is 12.1 Å². The molecule has 0 bridgehead atoms. The Kier molecular flexibility index (Phi) is 3.61. The Bertz CT molecular complexity index is 566. The summed E-state index contributed by atoms with van der Waals surface area (Å²) in [6, 6.07) is 4.09. The van der Waals surface area contributed by atoms with Gasteiger partial charge in [-0.25, -0.2) is 8.42 Å². The van der Waals surface area contributed by atoms with E-state index >= 15 is 0 Å². The monoisotopic (exact) mass is 294 g/mol. The molecule has 0 amide bonds. The summed E-state index contributed by atoms with van der Waals surface area (Å²) < 4.78 is 63.0. The van der Waals surface area contributed by atoms with Gasteiger partial charge in [0.15, 0.2) is 9.84 Å². The van der Waals surface area contributed by atoms with Crippen LogP contribution in [0.4, 0.5) is 13.2 Å². The smallest absolute Gasteiger partial charge is 0.392 e. The van der Waals surface area contributed by atoms with Crippen LogP contribution < -0.4 is 0 Å². The molecule has 0 spiro atoms. The number of hydrogen-bond donors (Lipinski definition) is 1. The molecule has 1 fully saturated rings. The number of benzene rings is 1. The van der Waals surface area contributed by atoms with E-state index in [9.17, 15) is 26.7 Å². The Labute approximate surface area is 109 Å². The van der Waals surface area contributed by atoms with Gasteiger partial charge in [0.2, 0.25) is 0 Å². The average molecular weight is 294 g/mol. The standard InChI is InChI=1S/C12H13F3O3S/c13-12(14,15)8-4-1-2-6-10(8)19(17,18)11-7-3-5-9(11)16/h1-2,4,6,9,11,16H,3,5,7H2. The van der Waals surface area contributed by atoms with Crippen molar-refractivity contribution < 1.29 is 26.7 Å². The molecule has 1 aromatic carbocycles. The Balaban J connectivity index is 2.53. The van der Waals surface area contributed by atoms with Gasteiger partial charge in [-0.05, 0) is 31.4 Å². The van der Waals surface area contributed by atoms with Crippen LogP contribution in [0, 0.1) is 0 Å². The highest BCUT2D eigenvalue weighted by Crippen LogP contribution is 2.38. The molecule has 1 aliphatic rings. The van der Waals surface area contributed by atoms with Gasteiger partial charge in [-0.15, -0.1) is 0 Å². The van der Waals surface area contributed by atoms with E-state index in [-0.39, 0.29) is 6.42 Å². The zero-order chi connectivity index (χ0) is 14.3. The second-order valence-corrected chi connectivity index (χ2v) is 6.71. The van der Waals surface area contributed by atoms with Crippen molar-refractivity contribution in [1.82, 2.24) is 0 Å². The summed E-state index contributed by atoms with van der Waals surface area (Å²) in [5.74, 6) is 0. The SMILES string of the molecule is O=S(=O)(c1ccccc1C(F)(F)F)C1CCCC1O. The third kappa shape index (κ3) is 2.62. The maximum Gasteiger partial charge on any atom is 0.417 e. The van der Waals surface area contributed by atoms with Crippen LogP contribution in [0.25, 0.3) is 0 Å². The van der Waals surface area contributed by atoms with Crippen molar-refractivity contribution in [2.75, 3.05) is 0 Å². The molecule has 1 saturated carbocycles. The van der Waals surface area contributed by atoms with Crippen LogP contribution in [0.15, 0.2) is 29.2 Å².